The van der Waals surface area contributed by atoms with Crippen LogP contribution in [0.3, 0.4) is 0 Å². The van der Waals surface area contributed by atoms with E-state index in [9.17, 15) is 17.2 Å². The number of halogens is 2. The molecule has 0 heterocycles. The first-order chi connectivity index (χ1) is 9.34. The highest BCUT2D eigenvalue weighted by Crippen LogP contribution is 2.19. The maximum absolute atomic E-state index is 12.0. The molecule has 0 fully saturated rings. The number of alkyl halides is 2. The average molecular weight is 307 g/mol. The Morgan fingerprint density at radius 2 is 1.85 bits per heavy atom. The van der Waals surface area contributed by atoms with Crippen LogP contribution < -0.4 is 9.46 Å². The van der Waals surface area contributed by atoms with Crippen LogP contribution in [0.5, 0.6) is 5.75 Å². The van der Waals surface area contributed by atoms with E-state index in [0.717, 1.165) is 6.42 Å². The summed E-state index contributed by atoms with van der Waals surface area (Å²) in [7, 11) is -3.32. The Hall–Kier alpha value is -1.21. The Balaban J connectivity index is 2.65. The topological polar surface area (TPSA) is 55.4 Å². The fraction of sp³-hybridized carbons (Fsp3) is 0.538. The first-order valence-electron chi connectivity index (χ1n) is 6.39. The summed E-state index contributed by atoms with van der Waals surface area (Å²) in [6.45, 7) is 0.749. The molecule has 0 saturated heterocycles. The Kier molecular flexibility index (Phi) is 6.35. The fourth-order valence-electron chi connectivity index (χ4n) is 1.67. The summed E-state index contributed by atoms with van der Waals surface area (Å²) in [4.78, 5) is 0. The molecule has 0 aliphatic heterocycles. The molecule has 1 rings (SSSR count). The number of rotatable bonds is 8. The summed E-state index contributed by atoms with van der Waals surface area (Å²) in [5.74, 6) is 0.130. The van der Waals surface area contributed by atoms with E-state index < -0.39 is 22.7 Å². The Morgan fingerprint density at radius 3 is 2.35 bits per heavy atom. The molecule has 7 heteroatoms. The molecule has 0 bridgehead atoms. The lowest BCUT2D eigenvalue weighted by molar-refractivity contribution is -0.0498. The second kappa shape index (κ2) is 7.54. The zero-order valence-corrected chi connectivity index (χ0v) is 12.3. The summed E-state index contributed by atoms with van der Waals surface area (Å²) in [6, 6.07) is 5.48. The molecule has 0 radical (unpaired) electrons. The third-order valence-electron chi connectivity index (χ3n) is 2.73. The summed E-state index contributed by atoms with van der Waals surface area (Å²) in [6.07, 6.45) is 1.40. The molecule has 114 valence electrons. The van der Waals surface area contributed by atoms with Crippen LogP contribution in [0.25, 0.3) is 0 Å². The second-order valence-corrected chi connectivity index (χ2v) is 6.33. The van der Waals surface area contributed by atoms with E-state index in [-0.39, 0.29) is 11.5 Å². The molecule has 20 heavy (non-hydrogen) atoms. The third kappa shape index (κ3) is 5.83. The van der Waals surface area contributed by atoms with Crippen molar-refractivity contribution in [1.29, 1.82) is 0 Å². The van der Waals surface area contributed by atoms with Crippen molar-refractivity contribution in [3.63, 3.8) is 0 Å². The molecular weight excluding hydrogens is 288 g/mol. The molecule has 0 unspecified atom stereocenters. The number of ether oxygens (including phenoxy) is 1. The van der Waals surface area contributed by atoms with Crippen LogP contribution in [0.1, 0.15) is 38.3 Å². The van der Waals surface area contributed by atoms with Crippen LogP contribution in [-0.4, -0.2) is 20.8 Å². The number of sulfonamides is 1. The number of hydrogen-bond acceptors (Lipinski definition) is 3. The first-order valence-corrected chi connectivity index (χ1v) is 8.04. The number of hydrogen-bond donors (Lipinski definition) is 1. The van der Waals surface area contributed by atoms with Gasteiger partial charge in [-0.25, -0.2) is 13.1 Å². The predicted octanol–water partition coefficient (Wildman–Crippen LogP) is 3.07. The molecule has 0 amide bonds. The van der Waals surface area contributed by atoms with Gasteiger partial charge in [0.25, 0.3) is 0 Å². The summed E-state index contributed by atoms with van der Waals surface area (Å²) < 4.78 is 54.3. The van der Waals surface area contributed by atoms with Crippen LogP contribution in [-0.2, 0) is 10.0 Å². The highest BCUT2D eigenvalue weighted by atomic mass is 32.2. The lowest BCUT2D eigenvalue weighted by atomic mass is 10.1. The molecule has 1 aromatic carbocycles. The van der Waals surface area contributed by atoms with Crippen molar-refractivity contribution in [3.05, 3.63) is 29.8 Å². The van der Waals surface area contributed by atoms with Crippen molar-refractivity contribution in [2.75, 3.05) is 5.75 Å². The van der Waals surface area contributed by atoms with E-state index in [1.165, 1.54) is 12.1 Å². The minimum Gasteiger partial charge on any atom is -0.435 e. The zero-order valence-electron chi connectivity index (χ0n) is 11.5. The van der Waals surface area contributed by atoms with Gasteiger partial charge in [0, 0.05) is 6.04 Å². The standard InChI is InChI=1S/C13H19F2NO3S/c1-3-4-9-20(17,18)16-10(2)11-5-7-12(8-6-11)19-13(14)15/h5-8,10,13,16H,3-4,9H2,1-2H3/t10-/m1/s1. The number of benzene rings is 1. The summed E-state index contributed by atoms with van der Waals surface area (Å²) >= 11 is 0. The Morgan fingerprint density at radius 1 is 1.25 bits per heavy atom. The summed E-state index contributed by atoms with van der Waals surface area (Å²) in [5.41, 5.74) is 0.687. The molecule has 0 saturated carbocycles. The maximum Gasteiger partial charge on any atom is 0.387 e. The van der Waals surface area contributed by atoms with Crippen molar-refractivity contribution in [2.45, 2.75) is 39.3 Å². The van der Waals surface area contributed by atoms with E-state index in [1.807, 2.05) is 6.92 Å². The van der Waals surface area contributed by atoms with E-state index >= 15 is 0 Å². The lowest BCUT2D eigenvalue weighted by Gasteiger charge is -2.15. The Bertz CT molecular complexity index is 503. The summed E-state index contributed by atoms with van der Waals surface area (Å²) in [5, 5.41) is 0. The normalized spacial score (nSPS) is 13.4. The molecule has 0 aromatic heterocycles. The third-order valence-corrected chi connectivity index (χ3v) is 4.27. The molecule has 1 aromatic rings. The van der Waals surface area contributed by atoms with Crippen LogP contribution in [0.15, 0.2) is 24.3 Å². The molecule has 0 aliphatic carbocycles. The largest absolute Gasteiger partial charge is 0.435 e. The van der Waals surface area contributed by atoms with Gasteiger partial charge in [0.05, 0.1) is 5.75 Å². The second-order valence-electron chi connectivity index (χ2n) is 4.46. The maximum atomic E-state index is 12.0. The van der Waals surface area contributed by atoms with Gasteiger partial charge in [-0.2, -0.15) is 8.78 Å². The molecule has 1 N–H and O–H groups in total. The van der Waals surface area contributed by atoms with Gasteiger partial charge in [0.2, 0.25) is 10.0 Å². The van der Waals surface area contributed by atoms with Crippen LogP contribution in [0, 0.1) is 0 Å². The van der Waals surface area contributed by atoms with E-state index in [2.05, 4.69) is 9.46 Å². The van der Waals surface area contributed by atoms with Crippen LogP contribution in [0.2, 0.25) is 0 Å². The van der Waals surface area contributed by atoms with Gasteiger partial charge in [-0.05, 0) is 31.0 Å². The van der Waals surface area contributed by atoms with Gasteiger partial charge < -0.3 is 4.74 Å². The average Bonchev–Trinajstić information content (AvgIpc) is 2.36. The highest BCUT2D eigenvalue weighted by molar-refractivity contribution is 7.89. The van der Waals surface area contributed by atoms with Crippen molar-refractivity contribution < 1.29 is 21.9 Å². The Labute approximate surface area is 118 Å². The van der Waals surface area contributed by atoms with Gasteiger partial charge >= 0.3 is 6.61 Å². The van der Waals surface area contributed by atoms with E-state index in [0.29, 0.717) is 12.0 Å². The number of unbranched alkanes of at least 4 members (excludes halogenated alkanes) is 1. The smallest absolute Gasteiger partial charge is 0.387 e. The molecular formula is C13H19F2NO3S. The van der Waals surface area contributed by atoms with E-state index in [4.69, 9.17) is 0 Å². The molecule has 1 atom stereocenters. The molecule has 0 spiro atoms. The van der Waals surface area contributed by atoms with E-state index in [1.54, 1.807) is 19.1 Å². The van der Waals surface area contributed by atoms with Gasteiger partial charge in [0.15, 0.2) is 0 Å². The minimum absolute atomic E-state index is 0.0461. The van der Waals surface area contributed by atoms with Crippen LogP contribution in [0.4, 0.5) is 8.78 Å². The van der Waals surface area contributed by atoms with Crippen LogP contribution >= 0.6 is 0 Å². The molecule has 0 aliphatic rings. The van der Waals surface area contributed by atoms with Crippen molar-refractivity contribution >= 4 is 10.0 Å². The van der Waals surface area contributed by atoms with Crippen molar-refractivity contribution in [3.8, 4) is 5.75 Å². The van der Waals surface area contributed by atoms with Crippen molar-refractivity contribution in [1.82, 2.24) is 4.72 Å². The zero-order chi connectivity index (χ0) is 15.2. The van der Waals surface area contributed by atoms with Gasteiger partial charge in [0.1, 0.15) is 5.75 Å². The molecule has 4 nitrogen and oxygen atoms in total. The van der Waals surface area contributed by atoms with Gasteiger partial charge in [-0.15, -0.1) is 0 Å². The monoisotopic (exact) mass is 307 g/mol. The van der Waals surface area contributed by atoms with Gasteiger partial charge in [-0.1, -0.05) is 25.5 Å². The SMILES string of the molecule is CCCCS(=O)(=O)N[C@H](C)c1ccc(OC(F)F)cc1. The fourth-order valence-corrected chi connectivity index (χ4v) is 3.13. The van der Waals surface area contributed by atoms with Crippen molar-refractivity contribution in [2.24, 2.45) is 0 Å². The lowest BCUT2D eigenvalue weighted by Crippen LogP contribution is -2.29. The first kappa shape index (κ1) is 16.8. The predicted molar refractivity (Wildman–Crippen MR) is 73.3 cm³/mol. The van der Waals surface area contributed by atoms with Gasteiger partial charge in [-0.3, -0.25) is 0 Å². The quantitative estimate of drug-likeness (QED) is 0.803. The minimum atomic E-state index is -3.32. The number of nitrogens with one attached hydrogen (secondary N) is 1. The highest BCUT2D eigenvalue weighted by Gasteiger charge is 2.15.